The Morgan fingerprint density at radius 2 is 2.16 bits per heavy atom. The summed E-state index contributed by atoms with van der Waals surface area (Å²) in [7, 11) is 0. The van der Waals surface area contributed by atoms with Crippen LogP contribution in [0.15, 0.2) is 36.9 Å². The highest BCUT2D eigenvalue weighted by molar-refractivity contribution is 5.85. The van der Waals surface area contributed by atoms with E-state index in [-0.39, 0.29) is 18.3 Å². The molecule has 0 aliphatic rings. The van der Waals surface area contributed by atoms with Crippen LogP contribution >= 0.6 is 12.4 Å². The predicted octanol–water partition coefficient (Wildman–Crippen LogP) is 2.03. The highest BCUT2D eigenvalue weighted by atomic mass is 35.5. The molecule has 1 aromatic rings. The molecule has 0 spiro atoms. The van der Waals surface area contributed by atoms with Crippen LogP contribution in [0.4, 0.5) is 0 Å². The summed E-state index contributed by atoms with van der Waals surface area (Å²) in [4.78, 5) is 11.5. The molecule has 0 aliphatic heterocycles. The Morgan fingerprint density at radius 3 is 2.84 bits per heavy atom. The van der Waals surface area contributed by atoms with Crippen LogP contribution in [0, 0.1) is 0 Å². The smallest absolute Gasteiger partial charge is 0.220 e. The third kappa shape index (κ3) is 6.84. The van der Waals surface area contributed by atoms with Gasteiger partial charge in [0.15, 0.2) is 0 Å². The van der Waals surface area contributed by atoms with Crippen molar-refractivity contribution in [2.45, 2.75) is 19.4 Å². The lowest BCUT2D eigenvalue weighted by Crippen LogP contribution is -2.23. The minimum atomic E-state index is 0. The zero-order chi connectivity index (χ0) is 13.2. The van der Waals surface area contributed by atoms with Crippen molar-refractivity contribution in [2.75, 3.05) is 13.2 Å². The number of para-hydroxylation sites is 1. The number of benzene rings is 1. The molecule has 0 heterocycles. The zero-order valence-corrected chi connectivity index (χ0v) is 11.7. The van der Waals surface area contributed by atoms with Crippen LogP contribution in [0.25, 0.3) is 0 Å². The van der Waals surface area contributed by atoms with Crippen LogP contribution < -0.4 is 15.8 Å². The second kappa shape index (κ2) is 10.4. The number of nitrogens with one attached hydrogen (secondary N) is 1. The van der Waals surface area contributed by atoms with Crippen LogP contribution in [0.1, 0.15) is 18.4 Å². The lowest BCUT2D eigenvalue weighted by atomic mass is 10.2. The molecule has 1 aromatic carbocycles. The number of hydrogen-bond acceptors (Lipinski definition) is 3. The van der Waals surface area contributed by atoms with E-state index < -0.39 is 0 Å². The first-order valence-corrected chi connectivity index (χ1v) is 6.06. The molecule has 4 nitrogen and oxygen atoms in total. The first kappa shape index (κ1) is 17.5. The number of nitrogens with two attached hydrogens (primary N) is 1. The molecule has 106 valence electrons. The number of halogens is 1. The number of ether oxygens (including phenoxy) is 1. The van der Waals surface area contributed by atoms with Crippen LogP contribution in [0.5, 0.6) is 5.75 Å². The molecule has 0 saturated carbocycles. The van der Waals surface area contributed by atoms with Gasteiger partial charge in [0.1, 0.15) is 12.4 Å². The zero-order valence-electron chi connectivity index (χ0n) is 10.9. The lowest BCUT2D eigenvalue weighted by molar-refractivity contribution is -0.121. The van der Waals surface area contributed by atoms with E-state index in [1.54, 1.807) is 6.08 Å². The minimum absolute atomic E-state index is 0. The van der Waals surface area contributed by atoms with Gasteiger partial charge in [-0.25, -0.2) is 0 Å². The average molecular weight is 285 g/mol. The Morgan fingerprint density at radius 1 is 1.42 bits per heavy atom. The summed E-state index contributed by atoms with van der Waals surface area (Å²) in [5, 5.41) is 2.85. The molecule has 1 rings (SSSR count). The van der Waals surface area contributed by atoms with Crippen molar-refractivity contribution in [1.82, 2.24) is 5.32 Å². The molecule has 0 aromatic heterocycles. The molecule has 0 fully saturated rings. The topological polar surface area (TPSA) is 64.3 Å². The molecule has 3 N–H and O–H groups in total. The van der Waals surface area contributed by atoms with Gasteiger partial charge < -0.3 is 15.8 Å². The quantitative estimate of drug-likeness (QED) is 0.718. The first-order chi connectivity index (χ1) is 8.77. The lowest BCUT2D eigenvalue weighted by Gasteiger charge is -2.10. The second-order valence-corrected chi connectivity index (χ2v) is 3.88. The van der Waals surface area contributed by atoms with Gasteiger partial charge in [-0.05, 0) is 19.0 Å². The first-order valence-electron chi connectivity index (χ1n) is 6.06. The highest BCUT2D eigenvalue weighted by Gasteiger charge is 2.04. The molecule has 0 aliphatic carbocycles. The van der Waals surface area contributed by atoms with Gasteiger partial charge in [0.25, 0.3) is 0 Å². The van der Waals surface area contributed by atoms with Gasteiger partial charge in [-0.3, -0.25) is 4.79 Å². The summed E-state index contributed by atoms with van der Waals surface area (Å²) in [6.07, 6.45) is 2.86. The van der Waals surface area contributed by atoms with Crippen LogP contribution in [0.2, 0.25) is 0 Å². The SMILES string of the molecule is C=CCOc1ccccc1CNC(=O)CCCN.Cl. The number of hydrogen-bond donors (Lipinski definition) is 2. The summed E-state index contributed by atoms with van der Waals surface area (Å²) in [5.41, 5.74) is 6.31. The summed E-state index contributed by atoms with van der Waals surface area (Å²) in [5.74, 6) is 0.787. The Labute approximate surface area is 120 Å². The molecule has 5 heteroatoms. The molecule has 19 heavy (non-hydrogen) atoms. The molecular formula is C14H21ClN2O2. The van der Waals surface area contributed by atoms with E-state index in [0.717, 1.165) is 11.3 Å². The molecule has 1 amide bonds. The predicted molar refractivity (Wildman–Crippen MR) is 79.5 cm³/mol. The van der Waals surface area contributed by atoms with Gasteiger partial charge in [-0.1, -0.05) is 30.9 Å². The third-order valence-corrected chi connectivity index (χ3v) is 2.41. The van der Waals surface area contributed by atoms with Crippen molar-refractivity contribution in [3.05, 3.63) is 42.5 Å². The molecule has 0 radical (unpaired) electrons. The summed E-state index contributed by atoms with van der Waals surface area (Å²) in [6.45, 7) is 5.07. The number of carbonyl (C=O) groups is 1. The van der Waals surface area contributed by atoms with Gasteiger partial charge in [-0.15, -0.1) is 12.4 Å². The van der Waals surface area contributed by atoms with Gasteiger partial charge in [-0.2, -0.15) is 0 Å². The van der Waals surface area contributed by atoms with E-state index in [1.807, 2.05) is 24.3 Å². The Balaban J connectivity index is 0.00000324. The average Bonchev–Trinajstić information content (AvgIpc) is 2.41. The van der Waals surface area contributed by atoms with Crippen LogP contribution in [-0.2, 0) is 11.3 Å². The fraction of sp³-hybridized carbons (Fsp3) is 0.357. The maximum absolute atomic E-state index is 11.5. The van der Waals surface area contributed by atoms with E-state index in [9.17, 15) is 4.79 Å². The minimum Gasteiger partial charge on any atom is -0.489 e. The van der Waals surface area contributed by atoms with E-state index in [2.05, 4.69) is 11.9 Å². The molecular weight excluding hydrogens is 264 g/mol. The number of amides is 1. The van der Waals surface area contributed by atoms with Gasteiger partial charge in [0, 0.05) is 18.5 Å². The van der Waals surface area contributed by atoms with E-state index >= 15 is 0 Å². The molecule has 0 unspecified atom stereocenters. The van der Waals surface area contributed by atoms with Crippen LogP contribution in [-0.4, -0.2) is 19.1 Å². The van der Waals surface area contributed by atoms with E-state index in [1.165, 1.54) is 0 Å². The Bertz CT molecular complexity index is 397. The standard InChI is InChI=1S/C14H20N2O2.ClH/c1-2-10-18-13-7-4-3-6-12(13)11-16-14(17)8-5-9-15;/h2-4,6-7H,1,5,8-11,15H2,(H,16,17);1H. The fourth-order valence-corrected chi connectivity index (χ4v) is 1.48. The van der Waals surface area contributed by atoms with Crippen molar-refractivity contribution in [3.63, 3.8) is 0 Å². The molecule has 0 bridgehead atoms. The Hall–Kier alpha value is -1.52. The molecule has 0 atom stereocenters. The van der Waals surface area contributed by atoms with Crippen molar-refractivity contribution < 1.29 is 9.53 Å². The van der Waals surface area contributed by atoms with E-state index in [4.69, 9.17) is 10.5 Å². The number of rotatable bonds is 8. The van der Waals surface area contributed by atoms with Gasteiger partial charge in [0.2, 0.25) is 5.91 Å². The fourth-order valence-electron chi connectivity index (χ4n) is 1.48. The second-order valence-electron chi connectivity index (χ2n) is 3.88. The summed E-state index contributed by atoms with van der Waals surface area (Å²) < 4.78 is 5.51. The van der Waals surface area contributed by atoms with Crippen LogP contribution in [0.3, 0.4) is 0 Å². The van der Waals surface area contributed by atoms with Crippen molar-refractivity contribution in [2.24, 2.45) is 5.73 Å². The van der Waals surface area contributed by atoms with Gasteiger partial charge in [0.05, 0.1) is 0 Å². The third-order valence-electron chi connectivity index (χ3n) is 2.41. The Kier molecular flexibility index (Phi) is 9.57. The monoisotopic (exact) mass is 284 g/mol. The van der Waals surface area contributed by atoms with E-state index in [0.29, 0.717) is 32.5 Å². The largest absolute Gasteiger partial charge is 0.489 e. The molecule has 0 saturated heterocycles. The summed E-state index contributed by atoms with van der Waals surface area (Å²) in [6, 6.07) is 7.63. The van der Waals surface area contributed by atoms with Crippen molar-refractivity contribution in [3.8, 4) is 5.75 Å². The summed E-state index contributed by atoms with van der Waals surface area (Å²) >= 11 is 0. The maximum Gasteiger partial charge on any atom is 0.220 e. The van der Waals surface area contributed by atoms with Crippen molar-refractivity contribution in [1.29, 1.82) is 0 Å². The highest BCUT2D eigenvalue weighted by Crippen LogP contribution is 2.17. The number of carbonyl (C=O) groups excluding carboxylic acids is 1. The maximum atomic E-state index is 11.5. The normalized spacial score (nSPS) is 9.32. The van der Waals surface area contributed by atoms with Crippen molar-refractivity contribution >= 4 is 18.3 Å². The van der Waals surface area contributed by atoms with Gasteiger partial charge >= 0.3 is 0 Å².